The molecular formula is C19H18N2O6. The van der Waals surface area contributed by atoms with Crippen molar-refractivity contribution < 1.29 is 28.7 Å². The molecule has 8 nitrogen and oxygen atoms in total. The Morgan fingerprint density at radius 2 is 1.37 bits per heavy atom. The molecule has 2 rings (SSSR count). The van der Waals surface area contributed by atoms with Gasteiger partial charge in [-0.2, -0.15) is 0 Å². The Hall–Kier alpha value is -3.68. The quantitative estimate of drug-likeness (QED) is 0.782. The molecule has 0 bridgehead atoms. The van der Waals surface area contributed by atoms with E-state index in [0.29, 0.717) is 11.3 Å². The molecule has 2 amide bonds. The zero-order valence-corrected chi connectivity index (χ0v) is 15.0. The van der Waals surface area contributed by atoms with E-state index in [1.807, 2.05) is 0 Å². The molecule has 0 spiro atoms. The molecule has 0 aliphatic carbocycles. The number of carbonyl (C=O) groups excluding carboxylic acids is 4. The molecule has 0 aromatic heterocycles. The van der Waals surface area contributed by atoms with Gasteiger partial charge in [-0.15, -0.1) is 0 Å². The Labute approximate surface area is 155 Å². The van der Waals surface area contributed by atoms with Gasteiger partial charge in [0, 0.05) is 18.2 Å². The molecule has 0 saturated heterocycles. The Morgan fingerprint density at radius 1 is 0.778 bits per heavy atom. The SMILES string of the molecule is COC(=O)c1ccc(C(=O)OC)c(NC(=O)c2ccc(NC(C)=O)cc2)c1. The Kier molecular flexibility index (Phi) is 6.27. The second kappa shape index (κ2) is 8.61. The lowest BCUT2D eigenvalue weighted by Crippen LogP contribution is -2.16. The van der Waals surface area contributed by atoms with Gasteiger partial charge in [0.15, 0.2) is 0 Å². The third-order valence-corrected chi connectivity index (χ3v) is 3.56. The molecular weight excluding hydrogens is 352 g/mol. The summed E-state index contributed by atoms with van der Waals surface area (Å²) in [5, 5.41) is 5.18. The van der Waals surface area contributed by atoms with Crippen molar-refractivity contribution >= 4 is 35.1 Å². The Balaban J connectivity index is 2.30. The van der Waals surface area contributed by atoms with Gasteiger partial charge in [-0.25, -0.2) is 9.59 Å². The first-order valence-corrected chi connectivity index (χ1v) is 7.85. The highest BCUT2D eigenvalue weighted by molar-refractivity contribution is 6.09. The van der Waals surface area contributed by atoms with Crippen molar-refractivity contribution in [3.8, 4) is 0 Å². The van der Waals surface area contributed by atoms with Crippen LogP contribution in [0.2, 0.25) is 0 Å². The van der Waals surface area contributed by atoms with Crippen LogP contribution in [0.1, 0.15) is 38.0 Å². The zero-order valence-electron chi connectivity index (χ0n) is 15.0. The minimum absolute atomic E-state index is 0.0911. The average Bonchev–Trinajstić information content (AvgIpc) is 2.66. The number of methoxy groups -OCH3 is 2. The molecule has 27 heavy (non-hydrogen) atoms. The molecule has 0 unspecified atom stereocenters. The van der Waals surface area contributed by atoms with Crippen LogP contribution in [0.25, 0.3) is 0 Å². The van der Waals surface area contributed by atoms with Crippen LogP contribution in [-0.4, -0.2) is 38.0 Å². The molecule has 0 aliphatic heterocycles. The van der Waals surface area contributed by atoms with Crippen molar-refractivity contribution in [3.63, 3.8) is 0 Å². The van der Waals surface area contributed by atoms with Crippen molar-refractivity contribution in [2.75, 3.05) is 24.9 Å². The maximum atomic E-state index is 12.5. The third kappa shape index (κ3) is 4.91. The number of hydrogen-bond acceptors (Lipinski definition) is 6. The summed E-state index contributed by atoms with van der Waals surface area (Å²) in [6, 6.07) is 10.3. The molecule has 140 valence electrons. The van der Waals surface area contributed by atoms with Crippen LogP contribution in [0.5, 0.6) is 0 Å². The van der Waals surface area contributed by atoms with E-state index in [-0.39, 0.29) is 22.7 Å². The number of hydrogen-bond donors (Lipinski definition) is 2. The topological polar surface area (TPSA) is 111 Å². The minimum atomic E-state index is -0.664. The van der Waals surface area contributed by atoms with Gasteiger partial charge < -0.3 is 20.1 Å². The van der Waals surface area contributed by atoms with Gasteiger partial charge in [-0.05, 0) is 42.5 Å². The molecule has 2 aromatic rings. The monoisotopic (exact) mass is 370 g/mol. The molecule has 0 aliphatic rings. The largest absolute Gasteiger partial charge is 0.465 e. The lowest BCUT2D eigenvalue weighted by Gasteiger charge is -2.12. The summed E-state index contributed by atoms with van der Waals surface area (Å²) in [6.07, 6.45) is 0. The molecule has 0 fully saturated rings. The highest BCUT2D eigenvalue weighted by atomic mass is 16.5. The number of carbonyl (C=O) groups is 4. The fourth-order valence-electron chi connectivity index (χ4n) is 2.28. The van der Waals surface area contributed by atoms with Gasteiger partial charge in [0.05, 0.1) is 31.0 Å². The van der Waals surface area contributed by atoms with E-state index >= 15 is 0 Å². The highest BCUT2D eigenvalue weighted by Gasteiger charge is 2.18. The summed E-state index contributed by atoms with van der Waals surface area (Å²) in [7, 11) is 2.44. The summed E-state index contributed by atoms with van der Waals surface area (Å²) in [6.45, 7) is 1.38. The van der Waals surface area contributed by atoms with E-state index in [4.69, 9.17) is 4.74 Å². The average molecular weight is 370 g/mol. The fourth-order valence-corrected chi connectivity index (χ4v) is 2.28. The lowest BCUT2D eigenvalue weighted by molar-refractivity contribution is -0.114. The van der Waals surface area contributed by atoms with E-state index < -0.39 is 17.8 Å². The maximum Gasteiger partial charge on any atom is 0.339 e. The minimum Gasteiger partial charge on any atom is -0.465 e. The summed E-state index contributed by atoms with van der Waals surface area (Å²) in [5.74, 6) is -2.00. The van der Waals surface area contributed by atoms with Crippen LogP contribution in [0, 0.1) is 0 Å². The normalized spacial score (nSPS) is 9.89. The fraction of sp³-hybridized carbons (Fsp3) is 0.158. The van der Waals surface area contributed by atoms with E-state index in [2.05, 4.69) is 15.4 Å². The van der Waals surface area contributed by atoms with E-state index in [9.17, 15) is 19.2 Å². The van der Waals surface area contributed by atoms with Crippen molar-refractivity contribution in [3.05, 3.63) is 59.2 Å². The lowest BCUT2D eigenvalue weighted by atomic mass is 10.1. The van der Waals surface area contributed by atoms with Crippen LogP contribution >= 0.6 is 0 Å². The van der Waals surface area contributed by atoms with Crippen molar-refractivity contribution in [2.45, 2.75) is 6.92 Å². The number of benzene rings is 2. The standard InChI is InChI=1S/C19H18N2O6/c1-11(22)20-14-7-4-12(5-8-14)17(23)21-16-10-13(18(24)26-2)6-9-15(16)19(25)27-3/h4-10H,1-3H3,(H,20,22)(H,21,23). The second-order valence-corrected chi connectivity index (χ2v) is 5.46. The molecule has 0 radical (unpaired) electrons. The molecule has 2 aromatic carbocycles. The van der Waals surface area contributed by atoms with Crippen molar-refractivity contribution in [2.24, 2.45) is 0 Å². The first kappa shape index (κ1) is 19.6. The van der Waals surface area contributed by atoms with Crippen LogP contribution in [0.15, 0.2) is 42.5 Å². The Bertz CT molecular complexity index is 890. The second-order valence-electron chi connectivity index (χ2n) is 5.46. The van der Waals surface area contributed by atoms with Gasteiger partial charge >= 0.3 is 11.9 Å². The number of esters is 2. The molecule has 0 heterocycles. The predicted octanol–water partition coefficient (Wildman–Crippen LogP) is 2.47. The molecule has 0 saturated carbocycles. The number of ether oxygens (including phenoxy) is 2. The number of anilines is 2. The van der Waals surface area contributed by atoms with Gasteiger partial charge in [0.25, 0.3) is 5.91 Å². The van der Waals surface area contributed by atoms with E-state index in [0.717, 1.165) is 0 Å². The van der Waals surface area contributed by atoms with E-state index in [1.54, 1.807) is 12.1 Å². The van der Waals surface area contributed by atoms with Gasteiger partial charge in [0.2, 0.25) is 5.91 Å². The summed E-state index contributed by atoms with van der Waals surface area (Å²) in [5.41, 5.74) is 1.21. The number of amides is 2. The van der Waals surface area contributed by atoms with Crippen molar-refractivity contribution in [1.29, 1.82) is 0 Å². The third-order valence-electron chi connectivity index (χ3n) is 3.56. The van der Waals surface area contributed by atoms with E-state index in [1.165, 1.54) is 51.5 Å². The zero-order chi connectivity index (χ0) is 20.0. The Morgan fingerprint density at radius 3 is 1.93 bits per heavy atom. The van der Waals surface area contributed by atoms with Gasteiger partial charge in [-0.1, -0.05) is 0 Å². The van der Waals surface area contributed by atoms with Crippen LogP contribution in [-0.2, 0) is 14.3 Å². The predicted molar refractivity (Wildman–Crippen MR) is 97.8 cm³/mol. The summed E-state index contributed by atoms with van der Waals surface area (Å²) in [4.78, 5) is 47.2. The van der Waals surface area contributed by atoms with Crippen LogP contribution in [0.3, 0.4) is 0 Å². The summed E-state index contributed by atoms with van der Waals surface area (Å²) < 4.78 is 9.35. The summed E-state index contributed by atoms with van der Waals surface area (Å²) >= 11 is 0. The number of rotatable bonds is 5. The first-order chi connectivity index (χ1) is 12.8. The maximum absolute atomic E-state index is 12.5. The first-order valence-electron chi connectivity index (χ1n) is 7.85. The van der Waals surface area contributed by atoms with Gasteiger partial charge in [0.1, 0.15) is 0 Å². The molecule has 0 atom stereocenters. The van der Waals surface area contributed by atoms with Crippen LogP contribution in [0.4, 0.5) is 11.4 Å². The van der Waals surface area contributed by atoms with Gasteiger partial charge in [-0.3, -0.25) is 9.59 Å². The van der Waals surface area contributed by atoms with Crippen molar-refractivity contribution in [1.82, 2.24) is 0 Å². The molecule has 8 heteroatoms. The van der Waals surface area contributed by atoms with Crippen LogP contribution < -0.4 is 10.6 Å². The smallest absolute Gasteiger partial charge is 0.339 e. The molecule has 2 N–H and O–H groups in total. The highest BCUT2D eigenvalue weighted by Crippen LogP contribution is 2.21. The number of nitrogens with one attached hydrogen (secondary N) is 2.